The van der Waals surface area contributed by atoms with Crippen LogP contribution in [0.5, 0.6) is 11.6 Å². The number of amidine groups is 1. The summed E-state index contributed by atoms with van der Waals surface area (Å²) in [5.74, 6) is 7.82. The Labute approximate surface area is 146 Å². The van der Waals surface area contributed by atoms with Crippen LogP contribution in [-0.2, 0) is 0 Å². The summed E-state index contributed by atoms with van der Waals surface area (Å²) in [6.07, 6.45) is 7.39. The quantitative estimate of drug-likeness (QED) is 0.302. The molecule has 3 rings (SSSR count). The van der Waals surface area contributed by atoms with Crippen molar-refractivity contribution < 1.29 is 9.47 Å². The molecule has 2 heterocycles. The van der Waals surface area contributed by atoms with Crippen LogP contribution in [0.25, 0.3) is 0 Å². The fourth-order valence-electron chi connectivity index (χ4n) is 1.81. The molecule has 0 saturated heterocycles. The first-order chi connectivity index (χ1) is 12.1. The standard InChI is InChI=1S/C10H16N6O.C6H7NO/c1-6-13-4-8(9(11)15-16-12)10(14-6)17-5-7-2-3-7;1-8-6-3-2-4-7-5-6/h4,7,16H,2-3,5,12H2,1H3,(H2,11,15);2-5H,1H3. The summed E-state index contributed by atoms with van der Waals surface area (Å²) in [6.45, 7) is 2.45. The summed E-state index contributed by atoms with van der Waals surface area (Å²) >= 11 is 0. The summed E-state index contributed by atoms with van der Waals surface area (Å²) in [6, 6.07) is 3.69. The van der Waals surface area contributed by atoms with E-state index in [1.807, 2.05) is 12.1 Å². The molecule has 0 atom stereocenters. The van der Waals surface area contributed by atoms with Gasteiger partial charge in [0.2, 0.25) is 5.88 Å². The maximum absolute atomic E-state index is 5.73. The van der Waals surface area contributed by atoms with E-state index in [9.17, 15) is 0 Å². The van der Waals surface area contributed by atoms with Crippen molar-refractivity contribution in [3.8, 4) is 11.6 Å². The Kier molecular flexibility index (Phi) is 6.90. The molecule has 9 nitrogen and oxygen atoms in total. The molecule has 9 heteroatoms. The highest BCUT2D eigenvalue weighted by atomic mass is 16.5. The van der Waals surface area contributed by atoms with E-state index in [1.165, 1.54) is 12.8 Å². The van der Waals surface area contributed by atoms with Gasteiger partial charge >= 0.3 is 0 Å². The van der Waals surface area contributed by atoms with Gasteiger partial charge in [0.05, 0.1) is 25.5 Å². The molecule has 0 amide bonds. The first-order valence-corrected chi connectivity index (χ1v) is 7.83. The highest BCUT2D eigenvalue weighted by Gasteiger charge is 2.23. The fourth-order valence-corrected chi connectivity index (χ4v) is 1.81. The molecule has 25 heavy (non-hydrogen) atoms. The number of hydrazone groups is 1. The minimum absolute atomic E-state index is 0.207. The SMILES string of the molecule is COc1cccnc1.Cc1ncc(/C(N)=N/NN)c(OCC2CC2)n1. The van der Waals surface area contributed by atoms with Crippen LogP contribution in [0.2, 0.25) is 0 Å². The van der Waals surface area contributed by atoms with Gasteiger partial charge < -0.3 is 15.2 Å². The number of hydrogen-bond acceptors (Lipinski definition) is 8. The second kappa shape index (κ2) is 9.38. The van der Waals surface area contributed by atoms with Crippen molar-refractivity contribution in [2.75, 3.05) is 13.7 Å². The molecule has 1 aliphatic carbocycles. The molecule has 1 aliphatic rings. The van der Waals surface area contributed by atoms with Gasteiger partial charge in [0.25, 0.3) is 0 Å². The fraction of sp³-hybridized carbons (Fsp3) is 0.375. The zero-order chi connectivity index (χ0) is 18.1. The van der Waals surface area contributed by atoms with Crippen molar-refractivity contribution >= 4 is 5.84 Å². The molecule has 2 aromatic rings. The summed E-state index contributed by atoms with van der Waals surface area (Å²) in [5.41, 5.74) is 8.41. The average molecular weight is 345 g/mol. The van der Waals surface area contributed by atoms with E-state index in [0.29, 0.717) is 29.8 Å². The number of nitrogens with two attached hydrogens (primary N) is 2. The molecule has 0 aromatic carbocycles. The number of aryl methyl sites for hydroxylation is 1. The predicted octanol–water partition coefficient (Wildman–Crippen LogP) is 0.748. The van der Waals surface area contributed by atoms with E-state index < -0.39 is 0 Å². The number of nitrogens with one attached hydrogen (secondary N) is 1. The smallest absolute Gasteiger partial charge is 0.227 e. The van der Waals surface area contributed by atoms with Crippen molar-refractivity contribution in [3.05, 3.63) is 42.1 Å². The topological polar surface area (TPSA) is 134 Å². The number of rotatable bonds is 6. The van der Waals surface area contributed by atoms with E-state index in [-0.39, 0.29) is 5.84 Å². The first-order valence-electron chi connectivity index (χ1n) is 7.83. The van der Waals surface area contributed by atoms with Gasteiger partial charge in [-0.25, -0.2) is 16.4 Å². The van der Waals surface area contributed by atoms with Crippen LogP contribution < -0.4 is 26.6 Å². The lowest BCUT2D eigenvalue weighted by Crippen LogP contribution is -2.24. The van der Waals surface area contributed by atoms with Gasteiger partial charge in [-0.05, 0) is 37.8 Å². The van der Waals surface area contributed by atoms with Crippen LogP contribution in [-0.4, -0.2) is 34.5 Å². The lowest BCUT2D eigenvalue weighted by Gasteiger charge is -2.09. The average Bonchev–Trinajstić information content (AvgIpc) is 3.46. The molecule has 0 spiro atoms. The van der Waals surface area contributed by atoms with Gasteiger partial charge in [0.1, 0.15) is 11.6 Å². The second-order valence-corrected chi connectivity index (χ2v) is 5.41. The monoisotopic (exact) mass is 345 g/mol. The largest absolute Gasteiger partial charge is 0.495 e. The van der Waals surface area contributed by atoms with Gasteiger partial charge in [-0.3, -0.25) is 4.98 Å². The van der Waals surface area contributed by atoms with E-state index in [2.05, 4.69) is 25.6 Å². The Balaban J connectivity index is 0.000000236. The molecule has 0 unspecified atom stereocenters. The molecule has 1 fully saturated rings. The molecule has 1 saturated carbocycles. The Morgan fingerprint density at radius 3 is 2.76 bits per heavy atom. The number of nitrogens with zero attached hydrogens (tertiary/aromatic N) is 4. The number of aromatic nitrogens is 3. The van der Waals surface area contributed by atoms with Crippen molar-refractivity contribution in [2.45, 2.75) is 19.8 Å². The van der Waals surface area contributed by atoms with Gasteiger partial charge in [0.15, 0.2) is 5.84 Å². The Hall–Kier alpha value is -2.94. The van der Waals surface area contributed by atoms with Gasteiger partial charge in [0, 0.05) is 12.4 Å². The highest BCUT2D eigenvalue weighted by molar-refractivity contribution is 5.99. The van der Waals surface area contributed by atoms with Crippen molar-refractivity contribution in [1.29, 1.82) is 0 Å². The second-order valence-electron chi connectivity index (χ2n) is 5.41. The normalized spacial score (nSPS) is 13.5. The van der Waals surface area contributed by atoms with Crippen molar-refractivity contribution in [3.63, 3.8) is 0 Å². The third-order valence-corrected chi connectivity index (χ3v) is 3.36. The van der Waals surface area contributed by atoms with Crippen molar-refractivity contribution in [1.82, 2.24) is 20.5 Å². The molecule has 0 radical (unpaired) electrons. The number of methoxy groups -OCH3 is 1. The molecule has 2 aromatic heterocycles. The van der Waals surface area contributed by atoms with Crippen LogP contribution in [0.1, 0.15) is 24.2 Å². The minimum Gasteiger partial charge on any atom is -0.495 e. The van der Waals surface area contributed by atoms with Crippen LogP contribution >= 0.6 is 0 Å². The van der Waals surface area contributed by atoms with E-state index in [0.717, 1.165) is 5.75 Å². The lowest BCUT2D eigenvalue weighted by atomic mass is 10.3. The van der Waals surface area contributed by atoms with Gasteiger partial charge in [-0.15, -0.1) is 5.10 Å². The Bertz CT molecular complexity index is 690. The van der Waals surface area contributed by atoms with E-state index >= 15 is 0 Å². The lowest BCUT2D eigenvalue weighted by molar-refractivity contribution is 0.286. The van der Waals surface area contributed by atoms with E-state index in [4.69, 9.17) is 21.1 Å². The third-order valence-electron chi connectivity index (χ3n) is 3.36. The molecule has 0 aliphatic heterocycles. The maximum atomic E-state index is 5.73. The number of pyridine rings is 1. The number of hydrogen-bond donors (Lipinski definition) is 3. The van der Waals surface area contributed by atoms with E-state index in [1.54, 1.807) is 32.6 Å². The highest BCUT2D eigenvalue weighted by Crippen LogP contribution is 2.29. The number of ether oxygens (including phenoxy) is 2. The molecular formula is C16H23N7O2. The van der Waals surface area contributed by atoms with Crippen LogP contribution in [0.3, 0.4) is 0 Å². The number of hydrazine groups is 1. The first kappa shape index (κ1) is 18.4. The third kappa shape index (κ3) is 6.22. The summed E-state index contributed by atoms with van der Waals surface area (Å²) in [4.78, 5) is 12.1. The van der Waals surface area contributed by atoms with Crippen molar-refractivity contribution in [2.24, 2.45) is 22.6 Å². The predicted molar refractivity (Wildman–Crippen MR) is 93.8 cm³/mol. The summed E-state index contributed by atoms with van der Waals surface area (Å²) < 4.78 is 10.5. The maximum Gasteiger partial charge on any atom is 0.227 e. The molecule has 5 N–H and O–H groups in total. The minimum atomic E-state index is 0.207. The molecule has 134 valence electrons. The Morgan fingerprint density at radius 1 is 1.40 bits per heavy atom. The zero-order valence-electron chi connectivity index (χ0n) is 14.3. The van der Waals surface area contributed by atoms with Crippen LogP contribution in [0.4, 0.5) is 0 Å². The summed E-state index contributed by atoms with van der Waals surface area (Å²) in [7, 11) is 1.62. The van der Waals surface area contributed by atoms with Crippen LogP contribution in [0.15, 0.2) is 35.8 Å². The van der Waals surface area contributed by atoms with Gasteiger partial charge in [-0.1, -0.05) is 0 Å². The zero-order valence-corrected chi connectivity index (χ0v) is 14.3. The Morgan fingerprint density at radius 2 is 2.20 bits per heavy atom. The molecular weight excluding hydrogens is 322 g/mol. The summed E-state index contributed by atoms with van der Waals surface area (Å²) in [5, 5.41) is 3.69. The van der Waals surface area contributed by atoms with Gasteiger partial charge in [-0.2, -0.15) is 4.98 Å². The van der Waals surface area contributed by atoms with Crippen LogP contribution in [0, 0.1) is 12.8 Å². The molecule has 0 bridgehead atoms.